The summed E-state index contributed by atoms with van der Waals surface area (Å²) in [5, 5.41) is 0. The molecule has 0 radical (unpaired) electrons. The second kappa shape index (κ2) is 5.40. The van der Waals surface area contributed by atoms with Gasteiger partial charge in [-0.1, -0.05) is 6.07 Å². The molecule has 6 nitrogen and oxygen atoms in total. The zero-order chi connectivity index (χ0) is 14.8. The zero-order valence-electron chi connectivity index (χ0n) is 12.1. The van der Waals surface area contributed by atoms with Gasteiger partial charge in [0.15, 0.2) is 0 Å². The van der Waals surface area contributed by atoms with Gasteiger partial charge in [-0.05, 0) is 26.0 Å². The number of fused-ring (bicyclic) bond motifs is 1. The van der Waals surface area contributed by atoms with Gasteiger partial charge in [-0.25, -0.2) is 4.98 Å². The number of anilines is 1. The molecule has 108 valence electrons. The minimum Gasteiger partial charge on any atom is -0.492 e. The number of nitrogens with two attached hydrogens (primary N) is 1. The summed E-state index contributed by atoms with van der Waals surface area (Å²) in [4.78, 5) is 13.0. The molecule has 0 saturated carbocycles. The normalized spacial score (nSPS) is 11.0. The van der Waals surface area contributed by atoms with Crippen LogP contribution in [0.1, 0.15) is 18.3 Å². The van der Waals surface area contributed by atoms with Gasteiger partial charge in [0, 0.05) is 6.20 Å². The summed E-state index contributed by atoms with van der Waals surface area (Å²) in [7, 11) is 0. The van der Waals surface area contributed by atoms with Gasteiger partial charge in [-0.2, -0.15) is 0 Å². The third kappa shape index (κ3) is 2.52. The van der Waals surface area contributed by atoms with E-state index in [0.29, 0.717) is 19.1 Å². The van der Waals surface area contributed by atoms with E-state index in [-0.39, 0.29) is 0 Å². The molecule has 0 spiro atoms. The third-order valence-electron chi connectivity index (χ3n) is 3.23. The van der Waals surface area contributed by atoms with Crippen molar-refractivity contribution >= 4 is 17.0 Å². The predicted octanol–water partition coefficient (Wildman–Crippen LogP) is 2.16. The van der Waals surface area contributed by atoms with E-state index in [2.05, 4.69) is 15.0 Å². The highest BCUT2D eigenvalue weighted by molar-refractivity contribution is 5.84. The molecule has 1 aromatic carbocycles. The van der Waals surface area contributed by atoms with Crippen LogP contribution in [0.25, 0.3) is 11.0 Å². The van der Waals surface area contributed by atoms with Gasteiger partial charge in [0.05, 0.1) is 36.3 Å². The van der Waals surface area contributed by atoms with E-state index in [9.17, 15) is 0 Å². The Labute approximate surface area is 122 Å². The molecule has 21 heavy (non-hydrogen) atoms. The van der Waals surface area contributed by atoms with Crippen molar-refractivity contribution in [3.8, 4) is 5.75 Å². The van der Waals surface area contributed by atoms with Crippen molar-refractivity contribution in [2.75, 3.05) is 12.3 Å². The smallest absolute Gasteiger partial charge is 0.201 e. The molecular weight excluding hydrogens is 266 g/mol. The summed E-state index contributed by atoms with van der Waals surface area (Å²) < 4.78 is 7.51. The van der Waals surface area contributed by atoms with Crippen molar-refractivity contribution in [3.05, 3.63) is 42.0 Å². The number of ether oxygens (including phenoxy) is 1. The highest BCUT2D eigenvalue weighted by Crippen LogP contribution is 2.27. The van der Waals surface area contributed by atoms with Gasteiger partial charge in [-0.15, -0.1) is 0 Å². The number of nitrogen functional groups attached to an aromatic ring is 1. The average Bonchev–Trinajstić information content (AvgIpc) is 2.79. The van der Waals surface area contributed by atoms with Crippen molar-refractivity contribution in [1.82, 2.24) is 19.5 Å². The summed E-state index contributed by atoms with van der Waals surface area (Å²) >= 11 is 0. The maximum atomic E-state index is 6.04. The fourth-order valence-corrected chi connectivity index (χ4v) is 2.24. The van der Waals surface area contributed by atoms with Gasteiger partial charge < -0.3 is 15.0 Å². The summed E-state index contributed by atoms with van der Waals surface area (Å²) in [5.74, 6) is 1.19. The van der Waals surface area contributed by atoms with Crippen LogP contribution in [0, 0.1) is 6.92 Å². The first-order chi connectivity index (χ1) is 10.2. The molecule has 2 heterocycles. The van der Waals surface area contributed by atoms with Crippen molar-refractivity contribution in [2.45, 2.75) is 20.4 Å². The highest BCUT2D eigenvalue weighted by Gasteiger charge is 2.13. The van der Waals surface area contributed by atoms with Crippen LogP contribution < -0.4 is 10.5 Å². The molecule has 0 atom stereocenters. The first kappa shape index (κ1) is 13.4. The summed E-state index contributed by atoms with van der Waals surface area (Å²) in [6, 6.07) is 5.81. The lowest BCUT2D eigenvalue weighted by molar-refractivity contribution is 0.343. The molecular formula is C15H17N5O. The van der Waals surface area contributed by atoms with Crippen molar-refractivity contribution < 1.29 is 4.74 Å². The average molecular weight is 283 g/mol. The van der Waals surface area contributed by atoms with Crippen LogP contribution in [0.15, 0.2) is 30.6 Å². The second-order valence-electron chi connectivity index (χ2n) is 4.76. The number of nitrogens with zero attached hydrogens (tertiary/aromatic N) is 4. The number of imidazole rings is 1. The minimum absolute atomic E-state index is 0.444. The monoisotopic (exact) mass is 283 g/mol. The van der Waals surface area contributed by atoms with Gasteiger partial charge in [0.1, 0.15) is 11.3 Å². The topological polar surface area (TPSA) is 78.9 Å². The molecule has 3 rings (SSSR count). The molecule has 3 aromatic rings. The Morgan fingerprint density at radius 2 is 2.10 bits per heavy atom. The molecule has 0 saturated heterocycles. The van der Waals surface area contributed by atoms with Gasteiger partial charge >= 0.3 is 0 Å². The summed E-state index contributed by atoms with van der Waals surface area (Å²) in [5.41, 5.74) is 9.48. The van der Waals surface area contributed by atoms with E-state index in [1.165, 1.54) is 0 Å². The van der Waals surface area contributed by atoms with E-state index in [1.807, 2.05) is 36.6 Å². The van der Waals surface area contributed by atoms with Crippen LogP contribution in [0.3, 0.4) is 0 Å². The standard InChI is InChI=1S/C15H17N5O/c1-3-21-13-6-4-5-12-14(13)19-15(16)20(12)9-11-8-17-10(2)7-18-11/h4-8H,3,9H2,1-2H3,(H2,16,19). The fraction of sp³-hybridized carbons (Fsp3) is 0.267. The number of hydrogen-bond donors (Lipinski definition) is 1. The van der Waals surface area contributed by atoms with E-state index < -0.39 is 0 Å². The molecule has 0 bridgehead atoms. The maximum Gasteiger partial charge on any atom is 0.201 e. The molecule has 0 fully saturated rings. The van der Waals surface area contributed by atoms with Crippen LogP contribution in [-0.2, 0) is 6.54 Å². The SMILES string of the molecule is CCOc1cccc2c1nc(N)n2Cc1cnc(C)cn1. The quantitative estimate of drug-likeness (QED) is 0.793. The maximum absolute atomic E-state index is 6.04. The Bertz CT molecular complexity index is 764. The minimum atomic E-state index is 0.444. The highest BCUT2D eigenvalue weighted by atomic mass is 16.5. The zero-order valence-corrected chi connectivity index (χ0v) is 12.1. The lowest BCUT2D eigenvalue weighted by atomic mass is 10.3. The third-order valence-corrected chi connectivity index (χ3v) is 3.23. The van der Waals surface area contributed by atoms with Crippen molar-refractivity contribution in [1.29, 1.82) is 0 Å². The number of hydrogen-bond acceptors (Lipinski definition) is 5. The number of aryl methyl sites for hydroxylation is 1. The Hall–Kier alpha value is -2.63. The number of rotatable bonds is 4. The van der Waals surface area contributed by atoms with Gasteiger partial charge in [-0.3, -0.25) is 9.97 Å². The molecule has 2 N–H and O–H groups in total. The first-order valence-electron chi connectivity index (χ1n) is 6.84. The second-order valence-corrected chi connectivity index (χ2v) is 4.76. The van der Waals surface area contributed by atoms with Crippen molar-refractivity contribution in [3.63, 3.8) is 0 Å². The van der Waals surface area contributed by atoms with E-state index in [0.717, 1.165) is 28.2 Å². The Morgan fingerprint density at radius 1 is 1.24 bits per heavy atom. The summed E-state index contributed by atoms with van der Waals surface area (Å²) in [6.07, 6.45) is 3.50. The number of benzene rings is 1. The number of para-hydroxylation sites is 1. The van der Waals surface area contributed by atoms with Crippen LogP contribution in [0.2, 0.25) is 0 Å². The van der Waals surface area contributed by atoms with Gasteiger partial charge in [0.2, 0.25) is 5.95 Å². The molecule has 0 unspecified atom stereocenters. The van der Waals surface area contributed by atoms with E-state index in [4.69, 9.17) is 10.5 Å². The molecule has 2 aromatic heterocycles. The molecule has 0 amide bonds. The lowest BCUT2D eigenvalue weighted by Crippen LogP contribution is -2.06. The van der Waals surface area contributed by atoms with E-state index >= 15 is 0 Å². The van der Waals surface area contributed by atoms with Crippen LogP contribution in [0.5, 0.6) is 5.75 Å². The largest absolute Gasteiger partial charge is 0.492 e. The molecule has 0 aliphatic heterocycles. The van der Waals surface area contributed by atoms with Gasteiger partial charge in [0.25, 0.3) is 0 Å². The fourth-order valence-electron chi connectivity index (χ4n) is 2.24. The number of aromatic nitrogens is 4. The lowest BCUT2D eigenvalue weighted by Gasteiger charge is -2.07. The first-order valence-corrected chi connectivity index (χ1v) is 6.84. The Morgan fingerprint density at radius 3 is 2.81 bits per heavy atom. The van der Waals surface area contributed by atoms with Crippen LogP contribution >= 0.6 is 0 Å². The Kier molecular flexibility index (Phi) is 3.43. The molecule has 6 heteroatoms. The van der Waals surface area contributed by atoms with Crippen LogP contribution in [0.4, 0.5) is 5.95 Å². The molecule has 0 aliphatic carbocycles. The Balaban J connectivity index is 2.04. The van der Waals surface area contributed by atoms with E-state index in [1.54, 1.807) is 12.4 Å². The predicted molar refractivity (Wildman–Crippen MR) is 81.2 cm³/mol. The summed E-state index contributed by atoms with van der Waals surface area (Å²) in [6.45, 7) is 4.98. The molecule has 0 aliphatic rings. The van der Waals surface area contributed by atoms with Crippen LogP contribution in [-0.4, -0.2) is 26.1 Å². The van der Waals surface area contributed by atoms with Crippen molar-refractivity contribution in [2.24, 2.45) is 0 Å².